The zero-order valence-corrected chi connectivity index (χ0v) is 24.2. The number of likely N-dealkylation sites (N-methyl/N-ethyl adjacent to an activating group) is 1. The number of oxime groups is 1. The van der Waals surface area contributed by atoms with Crippen LogP contribution in [0.1, 0.15) is 36.8 Å². The molecule has 4 aliphatic rings. The molecule has 0 saturated heterocycles. The highest BCUT2D eigenvalue weighted by Crippen LogP contribution is 2.46. The summed E-state index contributed by atoms with van der Waals surface area (Å²) in [6.07, 6.45) is 7.40. The molecule has 11 heteroatoms. The molecule has 1 fully saturated rings. The molecule has 42 heavy (non-hydrogen) atoms. The van der Waals surface area contributed by atoms with E-state index in [1.807, 2.05) is 65.4 Å². The SMILES string of the molecule is CN1CCC/C=C\[C@H]2C[C@@]2(C(=O)NS(C)(=O)=O)NC(=O)[C@@H]2C[C@@H](ON=C3c4ccccc4-c4ccccc43)C=C2C1=O. The minimum atomic E-state index is -3.84. The van der Waals surface area contributed by atoms with Crippen molar-refractivity contribution in [2.24, 2.45) is 17.0 Å². The molecule has 0 aromatic heterocycles. The van der Waals surface area contributed by atoms with Crippen LogP contribution in [-0.4, -0.2) is 68.2 Å². The maximum absolute atomic E-state index is 13.7. The van der Waals surface area contributed by atoms with E-state index in [-0.39, 0.29) is 30.2 Å². The zero-order valence-electron chi connectivity index (χ0n) is 23.4. The molecule has 3 aliphatic carbocycles. The van der Waals surface area contributed by atoms with E-state index >= 15 is 0 Å². The van der Waals surface area contributed by atoms with Gasteiger partial charge in [-0.05, 0) is 36.5 Å². The molecule has 10 nitrogen and oxygen atoms in total. The number of nitrogens with zero attached hydrogens (tertiary/aromatic N) is 2. The molecule has 2 aromatic rings. The molecule has 3 amide bonds. The fraction of sp³-hybridized carbons (Fsp3) is 0.355. The van der Waals surface area contributed by atoms with Gasteiger partial charge in [0.05, 0.1) is 12.2 Å². The number of benzene rings is 2. The van der Waals surface area contributed by atoms with Gasteiger partial charge in [0, 0.05) is 42.6 Å². The number of carbonyl (C=O) groups excluding carboxylic acids is 3. The average Bonchev–Trinajstić information content (AvgIpc) is 3.32. The third kappa shape index (κ3) is 5.13. The van der Waals surface area contributed by atoms with Crippen LogP contribution in [0.2, 0.25) is 0 Å². The number of rotatable bonds is 4. The molecule has 0 spiro atoms. The largest absolute Gasteiger partial charge is 0.388 e. The van der Waals surface area contributed by atoms with Crippen molar-refractivity contribution in [3.8, 4) is 11.1 Å². The van der Waals surface area contributed by atoms with Crippen LogP contribution in [0.25, 0.3) is 11.1 Å². The van der Waals surface area contributed by atoms with Crippen LogP contribution in [-0.2, 0) is 29.2 Å². The van der Waals surface area contributed by atoms with Gasteiger partial charge in [-0.3, -0.25) is 19.1 Å². The average molecular weight is 589 g/mol. The van der Waals surface area contributed by atoms with Crippen molar-refractivity contribution < 1.29 is 27.6 Å². The predicted molar refractivity (Wildman–Crippen MR) is 157 cm³/mol. The summed E-state index contributed by atoms with van der Waals surface area (Å²) in [6, 6.07) is 15.8. The summed E-state index contributed by atoms with van der Waals surface area (Å²) in [5.41, 5.74) is 3.54. The molecule has 1 saturated carbocycles. The maximum Gasteiger partial charge on any atom is 0.259 e. The molecule has 0 radical (unpaired) electrons. The Morgan fingerprint density at radius 1 is 1.07 bits per heavy atom. The minimum absolute atomic E-state index is 0.144. The molecule has 1 heterocycles. The van der Waals surface area contributed by atoms with Gasteiger partial charge in [0.2, 0.25) is 21.8 Å². The van der Waals surface area contributed by atoms with Crippen molar-refractivity contribution in [3.05, 3.63) is 83.5 Å². The molecular weight excluding hydrogens is 556 g/mol. The highest BCUT2D eigenvalue weighted by atomic mass is 32.2. The molecular formula is C31H32N4O6S. The Balaban J connectivity index is 1.29. The van der Waals surface area contributed by atoms with Gasteiger partial charge in [-0.1, -0.05) is 65.8 Å². The monoisotopic (exact) mass is 588 g/mol. The number of hydrogen-bond donors (Lipinski definition) is 2. The summed E-state index contributed by atoms with van der Waals surface area (Å²) < 4.78 is 25.7. The van der Waals surface area contributed by atoms with Gasteiger partial charge in [-0.2, -0.15) is 0 Å². The van der Waals surface area contributed by atoms with E-state index in [0.29, 0.717) is 25.1 Å². The van der Waals surface area contributed by atoms with Gasteiger partial charge in [0.25, 0.3) is 5.91 Å². The van der Waals surface area contributed by atoms with Crippen LogP contribution in [0, 0.1) is 11.8 Å². The number of fused-ring (bicyclic) bond motifs is 5. The summed E-state index contributed by atoms with van der Waals surface area (Å²) in [4.78, 5) is 47.9. The van der Waals surface area contributed by atoms with Crippen LogP contribution in [0.15, 0.2) is 77.5 Å². The van der Waals surface area contributed by atoms with E-state index in [1.54, 1.807) is 18.0 Å². The smallest absolute Gasteiger partial charge is 0.259 e. The van der Waals surface area contributed by atoms with Gasteiger partial charge < -0.3 is 15.1 Å². The summed E-state index contributed by atoms with van der Waals surface area (Å²) in [6.45, 7) is 0.487. The lowest BCUT2D eigenvalue weighted by atomic mass is 9.98. The number of sulfonamides is 1. The molecule has 1 aliphatic heterocycles. The lowest BCUT2D eigenvalue weighted by Gasteiger charge is -2.23. The van der Waals surface area contributed by atoms with Crippen molar-refractivity contribution in [1.82, 2.24) is 14.9 Å². The fourth-order valence-corrected chi connectivity index (χ4v) is 6.59. The second-order valence-electron chi connectivity index (χ2n) is 11.4. The first-order valence-electron chi connectivity index (χ1n) is 14.0. The normalized spacial score (nSPS) is 27.5. The van der Waals surface area contributed by atoms with Crippen molar-refractivity contribution >= 4 is 33.5 Å². The van der Waals surface area contributed by atoms with E-state index in [2.05, 4.69) is 10.5 Å². The Hall–Kier alpha value is -4.25. The Morgan fingerprint density at radius 3 is 2.36 bits per heavy atom. The minimum Gasteiger partial charge on any atom is -0.388 e. The number of hydrogen-bond acceptors (Lipinski definition) is 7. The predicted octanol–water partition coefficient (Wildman–Crippen LogP) is 2.51. The number of amides is 3. The molecule has 218 valence electrons. The van der Waals surface area contributed by atoms with Gasteiger partial charge in [0.1, 0.15) is 17.4 Å². The van der Waals surface area contributed by atoms with Crippen molar-refractivity contribution in [3.63, 3.8) is 0 Å². The van der Waals surface area contributed by atoms with Crippen LogP contribution >= 0.6 is 0 Å². The molecule has 0 unspecified atom stereocenters. The fourth-order valence-electron chi connectivity index (χ4n) is 6.08. The zero-order chi connectivity index (χ0) is 29.6. The topological polar surface area (TPSA) is 134 Å². The third-order valence-electron chi connectivity index (χ3n) is 8.33. The summed E-state index contributed by atoms with van der Waals surface area (Å²) >= 11 is 0. The van der Waals surface area contributed by atoms with E-state index in [4.69, 9.17) is 4.84 Å². The molecule has 2 aromatic carbocycles. The Morgan fingerprint density at radius 2 is 1.71 bits per heavy atom. The Bertz CT molecular complexity index is 1630. The lowest BCUT2D eigenvalue weighted by molar-refractivity contribution is -0.133. The number of allylic oxidation sites excluding steroid dienone is 1. The highest BCUT2D eigenvalue weighted by Gasteiger charge is 2.61. The highest BCUT2D eigenvalue weighted by molar-refractivity contribution is 7.89. The van der Waals surface area contributed by atoms with Gasteiger partial charge in [-0.15, -0.1) is 0 Å². The molecule has 4 atom stereocenters. The number of carbonyl (C=O) groups is 3. The molecule has 6 rings (SSSR count). The summed E-state index contributed by atoms with van der Waals surface area (Å²) in [7, 11) is -2.14. The molecule has 0 bridgehead atoms. The van der Waals surface area contributed by atoms with Crippen LogP contribution in [0.4, 0.5) is 0 Å². The standard InChI is InChI=1S/C31H32N4O6S/c1-35-15-9-3-4-10-19-18-31(19,30(38)34-42(2,39)40)32-28(36)25-16-20(17-26(25)29(35)37)41-33-27-23-13-7-5-11-21(23)22-12-6-8-14-24(22)27/h4-8,10-14,17,19-20,25H,3,9,15-16,18H2,1-2H3,(H,32,36)(H,34,38)/b10-4-/t19-,20+,25+,31+/m0/s1. The quantitative estimate of drug-likeness (QED) is 0.355. The Labute approximate surface area is 244 Å². The summed E-state index contributed by atoms with van der Waals surface area (Å²) in [5, 5.41) is 7.33. The van der Waals surface area contributed by atoms with E-state index in [0.717, 1.165) is 28.5 Å². The van der Waals surface area contributed by atoms with Crippen LogP contribution in [0.5, 0.6) is 0 Å². The van der Waals surface area contributed by atoms with Gasteiger partial charge in [0.15, 0.2) is 0 Å². The third-order valence-corrected chi connectivity index (χ3v) is 8.89. The maximum atomic E-state index is 13.7. The van der Waals surface area contributed by atoms with E-state index < -0.39 is 39.4 Å². The van der Waals surface area contributed by atoms with E-state index in [1.165, 1.54) is 0 Å². The second-order valence-corrected chi connectivity index (χ2v) is 13.1. The van der Waals surface area contributed by atoms with Crippen LogP contribution < -0.4 is 10.0 Å². The number of nitrogens with one attached hydrogen (secondary N) is 2. The van der Waals surface area contributed by atoms with Gasteiger partial charge >= 0.3 is 0 Å². The Kier molecular flexibility index (Phi) is 7.00. The first-order valence-corrected chi connectivity index (χ1v) is 15.9. The first kappa shape index (κ1) is 27.9. The van der Waals surface area contributed by atoms with Crippen molar-refractivity contribution in [2.45, 2.75) is 37.3 Å². The molecule has 2 N–H and O–H groups in total. The lowest BCUT2D eigenvalue weighted by Crippen LogP contribution is -2.53. The summed E-state index contributed by atoms with van der Waals surface area (Å²) in [5.74, 6) is -2.87. The first-order chi connectivity index (χ1) is 20.1. The van der Waals surface area contributed by atoms with Crippen molar-refractivity contribution in [1.29, 1.82) is 0 Å². The second kappa shape index (κ2) is 10.5. The van der Waals surface area contributed by atoms with Crippen molar-refractivity contribution in [2.75, 3.05) is 19.8 Å². The van der Waals surface area contributed by atoms with Crippen LogP contribution in [0.3, 0.4) is 0 Å². The van der Waals surface area contributed by atoms with Gasteiger partial charge in [-0.25, -0.2) is 8.42 Å². The van der Waals surface area contributed by atoms with E-state index in [9.17, 15) is 22.8 Å².